The highest BCUT2D eigenvalue weighted by Crippen LogP contribution is 2.41. The van der Waals surface area contributed by atoms with Crippen LogP contribution in [0.3, 0.4) is 0 Å². The third kappa shape index (κ3) is 5.91. The molecule has 1 saturated carbocycles. The number of hydrogen-bond acceptors (Lipinski definition) is 6. The topological polar surface area (TPSA) is 108 Å². The molecule has 0 aromatic carbocycles. The number of carbonyl (C=O) groups is 2. The monoisotopic (exact) mass is 547 g/mol. The molecule has 202 valence electrons. The molecular weight excluding hydrogens is 510 g/mol. The number of carboxylic acids is 1. The SMILES string of the molecule is CC(C)(C)c1cc(N(C(=O)[C@H]2CC[C@H](C)CC2)C2CCN(S(=O)(=O)c3ccccn3)CC2)c(C(=O)O)s1. The maximum absolute atomic E-state index is 14.0. The molecule has 4 rings (SSSR count). The Morgan fingerprint density at radius 3 is 2.27 bits per heavy atom. The van der Waals surface area contributed by atoms with Crippen LogP contribution in [0.4, 0.5) is 5.69 Å². The van der Waals surface area contributed by atoms with Crippen LogP contribution >= 0.6 is 11.3 Å². The average molecular weight is 548 g/mol. The largest absolute Gasteiger partial charge is 0.477 e. The van der Waals surface area contributed by atoms with Crippen LogP contribution in [0, 0.1) is 11.8 Å². The molecule has 0 bridgehead atoms. The number of carbonyl (C=O) groups excluding carboxylic acids is 1. The van der Waals surface area contributed by atoms with Gasteiger partial charge in [0, 0.05) is 36.1 Å². The molecule has 2 aliphatic rings. The van der Waals surface area contributed by atoms with Gasteiger partial charge in [-0.15, -0.1) is 11.3 Å². The Morgan fingerprint density at radius 2 is 1.73 bits per heavy atom. The summed E-state index contributed by atoms with van der Waals surface area (Å²) in [5.74, 6) is -0.633. The molecule has 0 unspecified atom stereocenters. The Kier molecular flexibility index (Phi) is 8.11. The summed E-state index contributed by atoms with van der Waals surface area (Å²) < 4.78 is 27.6. The summed E-state index contributed by atoms with van der Waals surface area (Å²) in [7, 11) is -3.73. The van der Waals surface area contributed by atoms with E-state index in [1.807, 2.05) is 26.8 Å². The highest BCUT2D eigenvalue weighted by Gasteiger charge is 2.39. The van der Waals surface area contributed by atoms with Gasteiger partial charge in [0.2, 0.25) is 5.91 Å². The number of carboxylic acid groups (broad SMARTS) is 1. The molecule has 0 spiro atoms. The normalized spacial score (nSPS) is 22.1. The third-order valence-corrected chi connectivity index (χ3v) is 10.9. The lowest BCUT2D eigenvalue weighted by molar-refractivity contribution is -0.124. The Balaban J connectivity index is 1.65. The molecular formula is C27H37N3O5S2. The summed E-state index contributed by atoms with van der Waals surface area (Å²) in [5.41, 5.74) is 0.194. The zero-order valence-electron chi connectivity index (χ0n) is 22.0. The lowest BCUT2D eigenvalue weighted by Gasteiger charge is -2.40. The van der Waals surface area contributed by atoms with E-state index in [2.05, 4.69) is 11.9 Å². The van der Waals surface area contributed by atoms with Gasteiger partial charge in [0.1, 0.15) is 4.88 Å². The van der Waals surface area contributed by atoms with Crippen LogP contribution in [0.1, 0.15) is 80.8 Å². The van der Waals surface area contributed by atoms with Gasteiger partial charge in [-0.25, -0.2) is 18.2 Å². The van der Waals surface area contributed by atoms with Crippen LogP contribution in [0.2, 0.25) is 0 Å². The fraction of sp³-hybridized carbons (Fsp3) is 0.593. The molecule has 3 heterocycles. The first kappa shape index (κ1) is 27.7. The fourth-order valence-corrected chi connectivity index (χ4v) is 7.70. The van der Waals surface area contributed by atoms with Crippen molar-refractivity contribution in [1.82, 2.24) is 9.29 Å². The van der Waals surface area contributed by atoms with Crippen molar-refractivity contribution in [3.05, 3.63) is 40.2 Å². The number of aromatic nitrogens is 1. The summed E-state index contributed by atoms with van der Waals surface area (Å²) in [4.78, 5) is 33.2. The van der Waals surface area contributed by atoms with Crippen molar-refractivity contribution in [2.24, 2.45) is 11.8 Å². The standard InChI is InChI=1S/C27H37N3O5S2/c1-18-8-10-19(11-9-18)25(31)30(21-17-22(27(2,3)4)36-24(21)26(32)33)20-12-15-29(16-13-20)37(34,35)23-7-5-6-14-28-23/h5-7,14,17-20H,8-13,15-16H2,1-4H3,(H,32,33)/t18-,19-. The number of amides is 1. The number of aromatic carboxylic acids is 1. The average Bonchev–Trinajstić information content (AvgIpc) is 3.31. The van der Waals surface area contributed by atoms with Crippen molar-refractivity contribution in [3.8, 4) is 0 Å². The molecule has 8 nitrogen and oxygen atoms in total. The summed E-state index contributed by atoms with van der Waals surface area (Å²) in [5, 5.41) is 10.1. The van der Waals surface area contributed by atoms with E-state index in [1.165, 1.54) is 27.9 Å². The molecule has 2 aromatic rings. The van der Waals surface area contributed by atoms with E-state index >= 15 is 0 Å². The number of thiophene rings is 1. The number of pyridine rings is 1. The first-order valence-corrected chi connectivity index (χ1v) is 15.3. The first-order chi connectivity index (χ1) is 17.4. The number of rotatable bonds is 6. The number of anilines is 1. The minimum absolute atomic E-state index is 0.0125. The summed E-state index contributed by atoms with van der Waals surface area (Å²) in [6.45, 7) is 8.78. The van der Waals surface area contributed by atoms with Gasteiger partial charge in [-0.2, -0.15) is 4.31 Å². The van der Waals surface area contributed by atoms with Crippen LogP contribution in [-0.2, 0) is 20.2 Å². The molecule has 1 amide bonds. The number of hydrogen-bond donors (Lipinski definition) is 1. The van der Waals surface area contributed by atoms with Gasteiger partial charge >= 0.3 is 5.97 Å². The lowest BCUT2D eigenvalue weighted by atomic mass is 9.82. The van der Waals surface area contributed by atoms with Gasteiger partial charge in [0.15, 0.2) is 5.03 Å². The minimum Gasteiger partial charge on any atom is -0.477 e. The van der Waals surface area contributed by atoms with E-state index in [1.54, 1.807) is 17.0 Å². The second-order valence-corrected chi connectivity index (χ2v) is 14.3. The lowest BCUT2D eigenvalue weighted by Crippen LogP contribution is -2.51. The third-order valence-electron chi connectivity index (χ3n) is 7.54. The van der Waals surface area contributed by atoms with Gasteiger partial charge in [0.05, 0.1) is 5.69 Å². The molecule has 37 heavy (non-hydrogen) atoms. The zero-order valence-corrected chi connectivity index (χ0v) is 23.6. The molecule has 0 radical (unpaired) electrons. The van der Waals surface area contributed by atoms with Crippen LogP contribution in [0.25, 0.3) is 0 Å². The van der Waals surface area contributed by atoms with Crippen LogP contribution < -0.4 is 4.90 Å². The van der Waals surface area contributed by atoms with Gasteiger partial charge in [-0.1, -0.05) is 33.8 Å². The minimum atomic E-state index is -3.73. The van der Waals surface area contributed by atoms with Crippen molar-refractivity contribution in [2.75, 3.05) is 18.0 Å². The van der Waals surface area contributed by atoms with Gasteiger partial charge in [0.25, 0.3) is 10.0 Å². The van der Waals surface area contributed by atoms with E-state index in [9.17, 15) is 23.1 Å². The van der Waals surface area contributed by atoms with Gasteiger partial charge in [-0.3, -0.25) is 4.79 Å². The fourth-order valence-electron chi connectivity index (χ4n) is 5.25. The number of piperidine rings is 1. The molecule has 2 fully saturated rings. The van der Waals surface area contributed by atoms with E-state index in [4.69, 9.17) is 0 Å². The Hall–Kier alpha value is -2.30. The Morgan fingerprint density at radius 1 is 1.08 bits per heavy atom. The Bertz CT molecular complexity index is 1220. The zero-order chi connectivity index (χ0) is 27.0. The summed E-state index contributed by atoms with van der Waals surface area (Å²) in [6, 6.07) is 6.40. The molecule has 1 aliphatic heterocycles. The highest BCUT2D eigenvalue weighted by atomic mass is 32.2. The molecule has 0 atom stereocenters. The van der Waals surface area contributed by atoms with E-state index < -0.39 is 16.0 Å². The molecule has 1 N–H and O–H groups in total. The van der Waals surface area contributed by atoms with E-state index in [-0.39, 0.29) is 46.3 Å². The smallest absolute Gasteiger partial charge is 0.348 e. The maximum atomic E-state index is 14.0. The quantitative estimate of drug-likeness (QED) is 0.536. The van der Waals surface area contributed by atoms with Crippen LogP contribution in [0.15, 0.2) is 35.5 Å². The predicted octanol–water partition coefficient (Wildman–Crippen LogP) is 5.15. The first-order valence-electron chi connectivity index (χ1n) is 13.0. The van der Waals surface area contributed by atoms with Crippen molar-refractivity contribution >= 4 is 38.9 Å². The molecule has 10 heteroatoms. The van der Waals surface area contributed by atoms with Gasteiger partial charge in [-0.05, 0) is 68.1 Å². The second kappa shape index (κ2) is 10.8. The molecule has 2 aromatic heterocycles. The van der Waals surface area contributed by atoms with Crippen molar-refractivity contribution < 1.29 is 23.1 Å². The van der Waals surface area contributed by atoms with Crippen molar-refractivity contribution in [3.63, 3.8) is 0 Å². The highest BCUT2D eigenvalue weighted by molar-refractivity contribution is 7.89. The van der Waals surface area contributed by atoms with Gasteiger partial charge < -0.3 is 10.0 Å². The van der Waals surface area contributed by atoms with E-state index in [0.717, 1.165) is 30.6 Å². The number of nitrogens with zero attached hydrogens (tertiary/aromatic N) is 3. The predicted molar refractivity (Wildman–Crippen MR) is 145 cm³/mol. The van der Waals surface area contributed by atoms with Crippen molar-refractivity contribution in [2.45, 2.75) is 82.7 Å². The summed E-state index contributed by atoms with van der Waals surface area (Å²) >= 11 is 1.23. The van der Waals surface area contributed by atoms with Crippen molar-refractivity contribution in [1.29, 1.82) is 0 Å². The van der Waals surface area contributed by atoms with E-state index in [0.29, 0.717) is 24.4 Å². The number of sulfonamides is 1. The second-order valence-electron chi connectivity index (χ2n) is 11.3. The molecule has 1 saturated heterocycles. The van der Waals surface area contributed by atoms with Crippen LogP contribution in [0.5, 0.6) is 0 Å². The summed E-state index contributed by atoms with van der Waals surface area (Å²) in [6.07, 6.45) is 5.87. The molecule has 1 aliphatic carbocycles. The van der Waals surface area contributed by atoms with Crippen LogP contribution in [-0.4, -0.2) is 53.8 Å². The Labute approximate surface area is 223 Å². The maximum Gasteiger partial charge on any atom is 0.348 e.